The van der Waals surface area contributed by atoms with Crippen molar-refractivity contribution in [2.75, 3.05) is 0 Å². The van der Waals surface area contributed by atoms with E-state index in [-0.39, 0.29) is 5.92 Å². The van der Waals surface area contributed by atoms with Gasteiger partial charge in [-0.3, -0.25) is 0 Å². The van der Waals surface area contributed by atoms with Gasteiger partial charge in [-0.2, -0.15) is 0 Å². The molecule has 2 aromatic rings. The van der Waals surface area contributed by atoms with Crippen molar-refractivity contribution in [3.63, 3.8) is 0 Å². The quantitative estimate of drug-likeness (QED) is 0.174. The third-order valence-corrected chi connectivity index (χ3v) is 7.93. The van der Waals surface area contributed by atoms with Gasteiger partial charge in [0.1, 0.15) is 22.9 Å². The van der Waals surface area contributed by atoms with Crippen molar-refractivity contribution >= 4 is 5.97 Å². The van der Waals surface area contributed by atoms with Crippen molar-refractivity contribution in [1.82, 2.24) is 0 Å². The van der Waals surface area contributed by atoms with Crippen LogP contribution in [0.15, 0.2) is 24.3 Å². The minimum absolute atomic E-state index is 0.0111. The number of esters is 1. The molecule has 2 nitrogen and oxygen atoms in total. The highest BCUT2D eigenvalue weighted by molar-refractivity contribution is 5.91. The van der Waals surface area contributed by atoms with Gasteiger partial charge in [0.25, 0.3) is 0 Å². The summed E-state index contributed by atoms with van der Waals surface area (Å²) in [6.07, 6.45) is 11.5. The van der Waals surface area contributed by atoms with Gasteiger partial charge in [-0.25, -0.2) is 26.7 Å². The summed E-state index contributed by atoms with van der Waals surface area (Å²) in [6.45, 7) is 2.24. The molecule has 2 fully saturated rings. The number of halogens is 5. The summed E-state index contributed by atoms with van der Waals surface area (Å²) in [5, 5.41) is 0. The van der Waals surface area contributed by atoms with Crippen molar-refractivity contribution in [3.8, 4) is 5.75 Å². The first kappa shape index (κ1) is 25.6. The molecule has 0 heterocycles. The van der Waals surface area contributed by atoms with E-state index in [1.165, 1.54) is 38.5 Å². The Bertz CT molecular complexity index is 1010. The Morgan fingerprint density at radius 1 is 0.771 bits per heavy atom. The van der Waals surface area contributed by atoms with E-state index in [9.17, 15) is 26.7 Å². The summed E-state index contributed by atoms with van der Waals surface area (Å²) < 4.78 is 74.0. The molecule has 2 aromatic carbocycles. The largest absolute Gasteiger partial charge is 0.423 e. The van der Waals surface area contributed by atoms with Crippen molar-refractivity contribution in [3.05, 3.63) is 64.5 Å². The van der Waals surface area contributed by atoms with E-state index in [0.717, 1.165) is 49.7 Å². The Labute approximate surface area is 202 Å². The van der Waals surface area contributed by atoms with Crippen LogP contribution in [0.4, 0.5) is 22.0 Å². The van der Waals surface area contributed by atoms with Gasteiger partial charge in [-0.15, -0.1) is 0 Å². The van der Waals surface area contributed by atoms with Crippen LogP contribution in [0.3, 0.4) is 0 Å². The fourth-order valence-corrected chi connectivity index (χ4v) is 6.05. The lowest BCUT2D eigenvalue weighted by molar-refractivity contribution is 0.0723. The second-order valence-electron chi connectivity index (χ2n) is 10.1. The van der Waals surface area contributed by atoms with Crippen LogP contribution in [-0.4, -0.2) is 5.97 Å². The fraction of sp³-hybridized carbons (Fsp3) is 0.536. The van der Waals surface area contributed by atoms with E-state index in [2.05, 4.69) is 6.92 Å². The molecule has 0 saturated heterocycles. The second-order valence-corrected chi connectivity index (χ2v) is 10.1. The second kappa shape index (κ2) is 11.1. The van der Waals surface area contributed by atoms with Crippen molar-refractivity contribution in [2.24, 2.45) is 17.8 Å². The maximum Gasteiger partial charge on any atom is 0.349 e. The van der Waals surface area contributed by atoms with Crippen LogP contribution in [0.25, 0.3) is 0 Å². The van der Waals surface area contributed by atoms with E-state index in [0.29, 0.717) is 23.6 Å². The van der Waals surface area contributed by atoms with E-state index in [1.54, 1.807) is 0 Å². The lowest BCUT2D eigenvalue weighted by Crippen LogP contribution is -2.25. The first-order valence-electron chi connectivity index (χ1n) is 12.6. The van der Waals surface area contributed by atoms with Gasteiger partial charge in [-0.1, -0.05) is 32.6 Å². The molecule has 0 bridgehead atoms. The summed E-state index contributed by atoms with van der Waals surface area (Å²) in [5.41, 5.74) is -0.447. The summed E-state index contributed by atoms with van der Waals surface area (Å²) in [7, 11) is 0. The minimum atomic E-state index is -1.73. The molecule has 2 aliphatic carbocycles. The first-order chi connectivity index (χ1) is 16.8. The topological polar surface area (TPSA) is 26.3 Å². The molecule has 0 aromatic heterocycles. The van der Waals surface area contributed by atoms with Crippen LogP contribution >= 0.6 is 0 Å². The molecular formula is C28H31F5O2. The number of hydrogen-bond acceptors (Lipinski definition) is 2. The predicted octanol–water partition coefficient (Wildman–Crippen LogP) is 8.48. The van der Waals surface area contributed by atoms with Gasteiger partial charge in [-0.05, 0) is 79.9 Å². The van der Waals surface area contributed by atoms with Gasteiger partial charge in [0.05, 0.1) is 0 Å². The third kappa shape index (κ3) is 5.87. The SMILES string of the molecule is CCCC1CCC(C2CCC(c3cc(F)c(C(=O)Oc4cc(F)c(F)c(F)c4)c(F)c3)CC2)CC1. The molecule has 0 aliphatic heterocycles. The number of ether oxygens (including phenoxy) is 1. The lowest BCUT2D eigenvalue weighted by atomic mass is 9.68. The molecule has 0 N–H and O–H groups in total. The number of carbonyl (C=O) groups is 1. The number of benzene rings is 2. The third-order valence-electron chi connectivity index (χ3n) is 7.93. The zero-order chi connectivity index (χ0) is 25.1. The predicted molar refractivity (Wildman–Crippen MR) is 123 cm³/mol. The fourth-order valence-electron chi connectivity index (χ4n) is 6.05. The highest BCUT2D eigenvalue weighted by Gasteiger charge is 2.32. The average Bonchev–Trinajstić information content (AvgIpc) is 2.83. The summed E-state index contributed by atoms with van der Waals surface area (Å²) >= 11 is 0. The van der Waals surface area contributed by atoms with E-state index in [4.69, 9.17) is 4.74 Å². The monoisotopic (exact) mass is 494 g/mol. The molecule has 2 aliphatic rings. The van der Waals surface area contributed by atoms with E-state index >= 15 is 0 Å². The van der Waals surface area contributed by atoms with Gasteiger partial charge in [0, 0.05) is 12.1 Å². The first-order valence-corrected chi connectivity index (χ1v) is 12.6. The van der Waals surface area contributed by atoms with Crippen LogP contribution in [0.2, 0.25) is 0 Å². The molecule has 0 unspecified atom stereocenters. The smallest absolute Gasteiger partial charge is 0.349 e. The lowest BCUT2D eigenvalue weighted by Gasteiger charge is -2.38. The zero-order valence-corrected chi connectivity index (χ0v) is 19.9. The Morgan fingerprint density at radius 3 is 1.80 bits per heavy atom. The zero-order valence-electron chi connectivity index (χ0n) is 19.9. The summed E-state index contributed by atoms with van der Waals surface area (Å²) in [5.74, 6) is -6.91. The molecule has 4 rings (SSSR count). The normalized spacial score (nSPS) is 24.9. The maximum absolute atomic E-state index is 14.8. The molecule has 0 spiro atoms. The number of rotatable bonds is 6. The van der Waals surface area contributed by atoms with Crippen LogP contribution in [0.5, 0.6) is 5.75 Å². The molecule has 190 valence electrons. The highest BCUT2D eigenvalue weighted by Crippen LogP contribution is 2.44. The summed E-state index contributed by atoms with van der Waals surface area (Å²) in [6, 6.07) is 3.17. The number of carbonyl (C=O) groups excluding carboxylic acids is 1. The van der Waals surface area contributed by atoms with Crippen LogP contribution in [0.1, 0.15) is 93.0 Å². The van der Waals surface area contributed by atoms with Crippen molar-refractivity contribution in [1.29, 1.82) is 0 Å². The Hall–Kier alpha value is -2.44. The van der Waals surface area contributed by atoms with Gasteiger partial charge in [0.2, 0.25) is 0 Å². The number of hydrogen-bond donors (Lipinski definition) is 0. The molecule has 2 saturated carbocycles. The summed E-state index contributed by atoms with van der Waals surface area (Å²) in [4.78, 5) is 12.3. The minimum Gasteiger partial charge on any atom is -0.423 e. The maximum atomic E-state index is 14.8. The van der Waals surface area contributed by atoms with Crippen molar-refractivity contribution < 1.29 is 31.5 Å². The molecule has 35 heavy (non-hydrogen) atoms. The van der Waals surface area contributed by atoms with Gasteiger partial charge >= 0.3 is 5.97 Å². The Kier molecular flexibility index (Phi) is 8.12. The molecule has 7 heteroatoms. The molecule has 0 radical (unpaired) electrons. The Morgan fingerprint density at radius 2 is 1.29 bits per heavy atom. The van der Waals surface area contributed by atoms with Crippen LogP contribution < -0.4 is 4.74 Å². The Balaban J connectivity index is 1.38. The molecule has 0 atom stereocenters. The molecular weight excluding hydrogens is 463 g/mol. The standard InChI is InChI=1S/C28H31F5O2/c1-2-3-16-4-6-17(7-5-16)18-8-10-19(11-9-18)20-12-22(29)26(23(30)13-20)28(34)35-21-14-24(31)27(33)25(32)15-21/h12-19H,2-11H2,1H3. The van der Waals surface area contributed by atoms with Gasteiger partial charge < -0.3 is 4.74 Å². The van der Waals surface area contributed by atoms with Crippen LogP contribution in [-0.2, 0) is 0 Å². The van der Waals surface area contributed by atoms with E-state index < -0.39 is 46.4 Å². The van der Waals surface area contributed by atoms with Crippen molar-refractivity contribution in [2.45, 2.75) is 77.0 Å². The highest BCUT2D eigenvalue weighted by atomic mass is 19.2. The molecule has 0 amide bonds. The van der Waals surface area contributed by atoms with Gasteiger partial charge in [0.15, 0.2) is 17.5 Å². The average molecular weight is 495 g/mol. The van der Waals surface area contributed by atoms with E-state index in [1.807, 2.05) is 0 Å². The van der Waals surface area contributed by atoms with Crippen LogP contribution in [0, 0.1) is 46.8 Å².